The number of nitrogens with one attached hydrogen (secondary N) is 1. The van der Waals surface area contributed by atoms with Gasteiger partial charge >= 0.3 is 0 Å². The summed E-state index contributed by atoms with van der Waals surface area (Å²) >= 11 is 3.28. The summed E-state index contributed by atoms with van der Waals surface area (Å²) in [4.78, 5) is 16.0. The van der Waals surface area contributed by atoms with E-state index in [9.17, 15) is 9.90 Å². The Hall–Kier alpha value is -0.940. The van der Waals surface area contributed by atoms with Gasteiger partial charge in [-0.2, -0.15) is 0 Å². The summed E-state index contributed by atoms with van der Waals surface area (Å²) in [6.07, 6.45) is 5.83. The summed E-state index contributed by atoms with van der Waals surface area (Å²) in [5.41, 5.74) is 0.287. The molecule has 0 atom stereocenters. The molecule has 1 saturated carbocycles. The molecule has 1 amide bonds. The molecule has 1 fully saturated rings. The minimum atomic E-state index is -0.178. The molecular formula is C13H17BrN2O2. The first-order valence-corrected chi connectivity index (χ1v) is 6.95. The van der Waals surface area contributed by atoms with Crippen molar-refractivity contribution in [2.24, 2.45) is 5.41 Å². The van der Waals surface area contributed by atoms with Gasteiger partial charge in [-0.1, -0.05) is 12.8 Å². The highest BCUT2D eigenvalue weighted by atomic mass is 79.9. The fourth-order valence-electron chi connectivity index (χ4n) is 2.38. The standard InChI is InChI=1S/C13H17BrN2O2/c14-10-3-4-11(15-7-10)12(18)16-8-13(9-17)5-1-2-6-13/h3-4,7,17H,1-2,5-6,8-9H2,(H,16,18). The summed E-state index contributed by atoms with van der Waals surface area (Å²) in [7, 11) is 0. The first-order chi connectivity index (χ1) is 8.65. The van der Waals surface area contributed by atoms with Crippen LogP contribution in [0, 0.1) is 5.41 Å². The van der Waals surface area contributed by atoms with E-state index >= 15 is 0 Å². The van der Waals surface area contributed by atoms with Crippen LogP contribution in [-0.2, 0) is 0 Å². The molecule has 2 N–H and O–H groups in total. The lowest BCUT2D eigenvalue weighted by Gasteiger charge is -2.26. The zero-order chi connectivity index (χ0) is 13.0. The third-order valence-electron chi connectivity index (χ3n) is 3.58. The highest BCUT2D eigenvalue weighted by molar-refractivity contribution is 9.10. The predicted molar refractivity (Wildman–Crippen MR) is 72.3 cm³/mol. The molecule has 1 aliphatic carbocycles. The van der Waals surface area contributed by atoms with Crippen molar-refractivity contribution in [3.63, 3.8) is 0 Å². The van der Waals surface area contributed by atoms with Crippen LogP contribution >= 0.6 is 15.9 Å². The Morgan fingerprint density at radius 2 is 2.17 bits per heavy atom. The molecule has 1 aromatic heterocycles. The fourth-order valence-corrected chi connectivity index (χ4v) is 2.62. The molecular weight excluding hydrogens is 296 g/mol. The maximum absolute atomic E-state index is 11.9. The number of halogens is 1. The molecule has 98 valence electrons. The number of carbonyl (C=O) groups is 1. The van der Waals surface area contributed by atoms with Gasteiger partial charge < -0.3 is 10.4 Å². The summed E-state index contributed by atoms with van der Waals surface area (Å²) < 4.78 is 0.849. The molecule has 5 heteroatoms. The van der Waals surface area contributed by atoms with Crippen molar-refractivity contribution >= 4 is 21.8 Å². The highest BCUT2D eigenvalue weighted by Crippen LogP contribution is 2.36. The highest BCUT2D eigenvalue weighted by Gasteiger charge is 2.33. The van der Waals surface area contributed by atoms with Crippen LogP contribution in [0.5, 0.6) is 0 Å². The summed E-state index contributed by atoms with van der Waals surface area (Å²) in [6.45, 7) is 0.668. The smallest absolute Gasteiger partial charge is 0.269 e. The predicted octanol–water partition coefficient (Wildman–Crippen LogP) is 2.13. The fraction of sp³-hybridized carbons (Fsp3) is 0.538. The van der Waals surface area contributed by atoms with E-state index in [0.29, 0.717) is 12.2 Å². The number of carbonyl (C=O) groups excluding carboxylic acids is 1. The Morgan fingerprint density at radius 3 is 2.72 bits per heavy atom. The third-order valence-corrected chi connectivity index (χ3v) is 4.05. The van der Waals surface area contributed by atoms with E-state index < -0.39 is 0 Å². The summed E-state index contributed by atoms with van der Waals surface area (Å²) in [5.74, 6) is -0.178. The molecule has 4 nitrogen and oxygen atoms in total. The maximum atomic E-state index is 11.9. The van der Waals surface area contributed by atoms with Crippen molar-refractivity contribution in [3.8, 4) is 0 Å². The topological polar surface area (TPSA) is 62.2 Å². The number of aromatic nitrogens is 1. The van der Waals surface area contributed by atoms with Crippen molar-refractivity contribution in [1.29, 1.82) is 0 Å². The Morgan fingerprint density at radius 1 is 1.44 bits per heavy atom. The van der Waals surface area contributed by atoms with Gasteiger partial charge in [0.15, 0.2) is 0 Å². The van der Waals surface area contributed by atoms with Crippen LogP contribution in [-0.4, -0.2) is 29.1 Å². The Labute approximate surface area is 115 Å². The second-order valence-electron chi connectivity index (χ2n) is 4.91. The second-order valence-corrected chi connectivity index (χ2v) is 5.83. The molecule has 18 heavy (non-hydrogen) atoms. The van der Waals surface area contributed by atoms with Crippen LogP contribution < -0.4 is 5.32 Å². The average Bonchev–Trinajstić information content (AvgIpc) is 2.86. The molecule has 0 aromatic carbocycles. The molecule has 2 rings (SSSR count). The van der Waals surface area contributed by atoms with Gasteiger partial charge in [-0.15, -0.1) is 0 Å². The van der Waals surface area contributed by atoms with E-state index in [0.717, 1.165) is 30.2 Å². The van der Waals surface area contributed by atoms with Crippen molar-refractivity contribution in [2.75, 3.05) is 13.2 Å². The maximum Gasteiger partial charge on any atom is 0.269 e. The van der Waals surface area contributed by atoms with Gasteiger partial charge in [0.2, 0.25) is 0 Å². The summed E-state index contributed by atoms with van der Waals surface area (Å²) in [5, 5.41) is 12.3. The van der Waals surface area contributed by atoms with E-state index in [2.05, 4.69) is 26.2 Å². The second kappa shape index (κ2) is 5.80. The van der Waals surface area contributed by atoms with Crippen molar-refractivity contribution in [3.05, 3.63) is 28.5 Å². The Balaban J connectivity index is 1.93. The minimum Gasteiger partial charge on any atom is -0.396 e. The van der Waals surface area contributed by atoms with Gasteiger partial charge in [0.25, 0.3) is 5.91 Å². The summed E-state index contributed by atoms with van der Waals surface area (Å²) in [6, 6.07) is 3.47. The van der Waals surface area contributed by atoms with Gasteiger partial charge in [-0.25, -0.2) is 4.98 Å². The van der Waals surface area contributed by atoms with Gasteiger partial charge in [-0.05, 0) is 40.9 Å². The zero-order valence-corrected chi connectivity index (χ0v) is 11.7. The van der Waals surface area contributed by atoms with Crippen LogP contribution in [0.25, 0.3) is 0 Å². The quantitative estimate of drug-likeness (QED) is 0.895. The molecule has 0 bridgehead atoms. The first kappa shape index (κ1) is 13.5. The van der Waals surface area contributed by atoms with Crippen LogP contribution in [0.1, 0.15) is 36.2 Å². The SMILES string of the molecule is O=C(NCC1(CO)CCCC1)c1ccc(Br)cn1. The lowest BCUT2D eigenvalue weighted by molar-refractivity contribution is 0.0876. The van der Waals surface area contributed by atoms with Crippen LogP contribution in [0.3, 0.4) is 0 Å². The van der Waals surface area contributed by atoms with E-state index in [1.165, 1.54) is 0 Å². The molecule has 1 aliphatic rings. The normalized spacial score (nSPS) is 17.7. The first-order valence-electron chi connectivity index (χ1n) is 6.16. The number of aliphatic hydroxyl groups is 1. The lowest BCUT2D eigenvalue weighted by Crippen LogP contribution is -2.38. The van der Waals surface area contributed by atoms with Crippen molar-refractivity contribution in [1.82, 2.24) is 10.3 Å². The number of hydrogen-bond acceptors (Lipinski definition) is 3. The Kier molecular flexibility index (Phi) is 4.35. The zero-order valence-electron chi connectivity index (χ0n) is 10.2. The van der Waals surface area contributed by atoms with Crippen LogP contribution in [0.15, 0.2) is 22.8 Å². The number of pyridine rings is 1. The number of hydrogen-bond donors (Lipinski definition) is 2. The van der Waals surface area contributed by atoms with Gasteiger partial charge in [0.05, 0.1) is 6.61 Å². The molecule has 0 unspecified atom stereocenters. The van der Waals surface area contributed by atoms with Gasteiger partial charge in [0, 0.05) is 22.6 Å². The van der Waals surface area contributed by atoms with Crippen molar-refractivity contribution in [2.45, 2.75) is 25.7 Å². The van der Waals surface area contributed by atoms with Crippen LogP contribution in [0.4, 0.5) is 0 Å². The van der Waals surface area contributed by atoms with E-state index in [1.54, 1.807) is 18.3 Å². The Bertz CT molecular complexity index is 414. The van der Waals surface area contributed by atoms with E-state index in [1.807, 2.05) is 0 Å². The van der Waals surface area contributed by atoms with Crippen LogP contribution in [0.2, 0.25) is 0 Å². The number of rotatable bonds is 4. The minimum absolute atomic E-state index is 0.120. The number of aliphatic hydroxyl groups excluding tert-OH is 1. The van der Waals surface area contributed by atoms with Crippen molar-refractivity contribution < 1.29 is 9.90 Å². The lowest BCUT2D eigenvalue weighted by atomic mass is 9.87. The average molecular weight is 313 g/mol. The molecule has 0 spiro atoms. The van der Waals surface area contributed by atoms with E-state index in [-0.39, 0.29) is 17.9 Å². The van der Waals surface area contributed by atoms with Gasteiger partial charge in [-0.3, -0.25) is 4.79 Å². The molecule has 1 aromatic rings. The molecule has 0 radical (unpaired) electrons. The number of nitrogens with zero attached hydrogens (tertiary/aromatic N) is 1. The third kappa shape index (κ3) is 3.09. The van der Waals surface area contributed by atoms with Gasteiger partial charge in [0.1, 0.15) is 5.69 Å². The number of amides is 1. The van der Waals surface area contributed by atoms with E-state index in [4.69, 9.17) is 0 Å². The molecule has 1 heterocycles. The molecule has 0 saturated heterocycles. The molecule has 0 aliphatic heterocycles. The monoisotopic (exact) mass is 312 g/mol. The largest absolute Gasteiger partial charge is 0.396 e.